The van der Waals surface area contributed by atoms with Crippen LogP contribution in [0.25, 0.3) is 0 Å². The van der Waals surface area contributed by atoms with Gasteiger partial charge in [0.1, 0.15) is 0 Å². The molecule has 1 fully saturated rings. The number of carbonyl (C=O) groups is 1. The highest BCUT2D eigenvalue weighted by molar-refractivity contribution is 7.09. The zero-order valence-electron chi connectivity index (χ0n) is 18.0. The maximum Gasteiger partial charge on any atom is 0.224 e. The average Bonchev–Trinajstić information content (AvgIpc) is 3.29. The molecule has 0 radical (unpaired) electrons. The Morgan fingerprint density at radius 2 is 1.87 bits per heavy atom. The predicted octanol–water partition coefficient (Wildman–Crippen LogP) is 2.83. The summed E-state index contributed by atoms with van der Waals surface area (Å²) in [7, 11) is 1.77. The van der Waals surface area contributed by atoms with Gasteiger partial charge < -0.3 is 20.4 Å². The molecular formula is C23H33N5OS. The van der Waals surface area contributed by atoms with Crippen LogP contribution in [0.15, 0.2) is 52.8 Å². The van der Waals surface area contributed by atoms with E-state index in [0.29, 0.717) is 18.9 Å². The lowest BCUT2D eigenvalue weighted by Crippen LogP contribution is -2.49. The summed E-state index contributed by atoms with van der Waals surface area (Å²) >= 11 is 1.80. The number of carbonyl (C=O) groups excluding carboxylic acids is 1. The van der Waals surface area contributed by atoms with Crippen molar-refractivity contribution in [3.63, 3.8) is 0 Å². The first kappa shape index (κ1) is 22.2. The van der Waals surface area contributed by atoms with Gasteiger partial charge in [-0.2, -0.15) is 0 Å². The number of hydrogen-bond acceptors (Lipinski definition) is 4. The highest BCUT2D eigenvalue weighted by atomic mass is 32.1. The zero-order valence-corrected chi connectivity index (χ0v) is 18.8. The molecule has 162 valence electrons. The van der Waals surface area contributed by atoms with Gasteiger partial charge in [0.2, 0.25) is 5.91 Å². The standard InChI is InChI=1S/C23H33N5OS/c1-19(17-21-9-6-16-30-21)18-26-23(24-2)25-11-10-22(29)28-14-12-27(13-15-28)20-7-4-3-5-8-20/h3-9,16,19H,10-15,17-18H2,1-2H3,(H2,24,25,26). The molecule has 1 amide bonds. The molecule has 1 saturated heterocycles. The Hall–Kier alpha value is -2.54. The van der Waals surface area contributed by atoms with E-state index in [0.717, 1.165) is 45.1 Å². The Labute approximate surface area is 184 Å². The molecule has 30 heavy (non-hydrogen) atoms. The number of benzene rings is 1. The van der Waals surface area contributed by atoms with Crippen LogP contribution in [0.4, 0.5) is 5.69 Å². The second-order valence-corrected chi connectivity index (χ2v) is 8.75. The van der Waals surface area contributed by atoms with Gasteiger partial charge in [-0.1, -0.05) is 31.2 Å². The van der Waals surface area contributed by atoms with Crippen LogP contribution in [-0.4, -0.2) is 63.1 Å². The van der Waals surface area contributed by atoms with E-state index in [4.69, 9.17) is 0 Å². The van der Waals surface area contributed by atoms with Gasteiger partial charge in [0, 0.05) is 63.3 Å². The van der Waals surface area contributed by atoms with Gasteiger partial charge in [-0.25, -0.2) is 0 Å². The molecule has 0 bridgehead atoms. The molecule has 0 saturated carbocycles. The van der Waals surface area contributed by atoms with Crippen molar-refractivity contribution in [1.29, 1.82) is 0 Å². The van der Waals surface area contributed by atoms with E-state index in [-0.39, 0.29) is 5.91 Å². The van der Waals surface area contributed by atoms with Crippen molar-refractivity contribution in [3.05, 3.63) is 52.7 Å². The van der Waals surface area contributed by atoms with E-state index in [1.807, 2.05) is 11.0 Å². The fourth-order valence-electron chi connectivity index (χ4n) is 3.63. The molecule has 1 atom stereocenters. The quantitative estimate of drug-likeness (QED) is 0.502. The first-order valence-corrected chi connectivity index (χ1v) is 11.6. The van der Waals surface area contributed by atoms with Crippen LogP contribution in [0.2, 0.25) is 0 Å². The van der Waals surface area contributed by atoms with Crippen LogP contribution in [0.1, 0.15) is 18.2 Å². The van der Waals surface area contributed by atoms with Crippen LogP contribution < -0.4 is 15.5 Å². The molecule has 1 aliphatic heterocycles. The number of hydrogen-bond donors (Lipinski definition) is 2. The Kier molecular flexibility index (Phi) is 8.56. The van der Waals surface area contributed by atoms with Crippen LogP contribution in [0.3, 0.4) is 0 Å². The fourth-order valence-corrected chi connectivity index (χ4v) is 4.50. The third-order valence-corrected chi connectivity index (χ3v) is 6.26. The van der Waals surface area contributed by atoms with E-state index in [9.17, 15) is 4.79 Å². The molecule has 7 heteroatoms. The summed E-state index contributed by atoms with van der Waals surface area (Å²) in [5.74, 6) is 1.48. The summed E-state index contributed by atoms with van der Waals surface area (Å²) in [6, 6.07) is 14.7. The number of anilines is 1. The zero-order chi connectivity index (χ0) is 21.2. The largest absolute Gasteiger partial charge is 0.368 e. The second-order valence-electron chi connectivity index (χ2n) is 7.72. The predicted molar refractivity (Wildman–Crippen MR) is 126 cm³/mol. The molecule has 2 aromatic rings. The average molecular weight is 428 g/mol. The highest BCUT2D eigenvalue weighted by Crippen LogP contribution is 2.16. The van der Waals surface area contributed by atoms with E-state index >= 15 is 0 Å². The first-order valence-electron chi connectivity index (χ1n) is 10.7. The number of guanidine groups is 1. The van der Waals surface area contributed by atoms with Gasteiger partial charge >= 0.3 is 0 Å². The van der Waals surface area contributed by atoms with Crippen molar-refractivity contribution in [2.75, 3.05) is 51.2 Å². The van der Waals surface area contributed by atoms with Gasteiger partial charge in [0.15, 0.2) is 5.96 Å². The minimum atomic E-state index is 0.205. The van der Waals surface area contributed by atoms with Gasteiger partial charge in [-0.3, -0.25) is 9.79 Å². The van der Waals surface area contributed by atoms with Gasteiger partial charge in [0.05, 0.1) is 0 Å². The summed E-state index contributed by atoms with van der Waals surface area (Å²) in [5.41, 5.74) is 1.23. The Morgan fingerprint density at radius 1 is 1.10 bits per heavy atom. The number of thiophene rings is 1. The van der Waals surface area contributed by atoms with E-state index in [1.54, 1.807) is 18.4 Å². The number of aliphatic imine (C=N–C) groups is 1. The molecule has 6 nitrogen and oxygen atoms in total. The topological polar surface area (TPSA) is 60.0 Å². The SMILES string of the molecule is CN=C(NCCC(=O)N1CCN(c2ccccc2)CC1)NCC(C)Cc1cccs1. The number of piperazine rings is 1. The lowest BCUT2D eigenvalue weighted by atomic mass is 10.1. The molecule has 2 heterocycles. The maximum absolute atomic E-state index is 12.6. The molecule has 1 aromatic heterocycles. The number of nitrogens with zero attached hydrogens (tertiary/aromatic N) is 3. The summed E-state index contributed by atoms with van der Waals surface area (Å²) in [6.07, 6.45) is 1.55. The van der Waals surface area contributed by atoms with Gasteiger partial charge in [0.25, 0.3) is 0 Å². The fraction of sp³-hybridized carbons (Fsp3) is 0.478. The number of rotatable bonds is 8. The molecule has 3 rings (SSSR count). The Balaban J connectivity index is 1.32. The number of para-hydroxylation sites is 1. The molecule has 1 aliphatic rings. The highest BCUT2D eigenvalue weighted by Gasteiger charge is 2.20. The summed E-state index contributed by atoms with van der Waals surface area (Å²) < 4.78 is 0. The lowest BCUT2D eigenvalue weighted by Gasteiger charge is -2.36. The molecular weight excluding hydrogens is 394 g/mol. The van der Waals surface area contributed by atoms with Crippen molar-refractivity contribution in [1.82, 2.24) is 15.5 Å². The summed E-state index contributed by atoms with van der Waals surface area (Å²) in [4.78, 5) is 22.6. The first-order chi connectivity index (χ1) is 14.7. The van der Waals surface area contributed by atoms with Crippen molar-refractivity contribution in [3.8, 4) is 0 Å². The summed E-state index contributed by atoms with van der Waals surface area (Å²) in [5, 5.41) is 8.76. The van der Waals surface area contributed by atoms with Crippen LogP contribution in [0.5, 0.6) is 0 Å². The normalized spacial score (nSPS) is 15.7. The van der Waals surface area contributed by atoms with E-state index in [2.05, 4.69) is 69.2 Å². The van der Waals surface area contributed by atoms with Crippen LogP contribution in [0, 0.1) is 5.92 Å². The van der Waals surface area contributed by atoms with E-state index < -0.39 is 0 Å². The van der Waals surface area contributed by atoms with Gasteiger partial charge in [-0.05, 0) is 35.9 Å². The van der Waals surface area contributed by atoms with E-state index in [1.165, 1.54) is 10.6 Å². The Bertz CT molecular complexity index is 785. The number of nitrogens with one attached hydrogen (secondary N) is 2. The minimum absolute atomic E-state index is 0.205. The molecule has 0 aliphatic carbocycles. The third-order valence-electron chi connectivity index (χ3n) is 5.36. The second kappa shape index (κ2) is 11.6. The van der Waals surface area contributed by atoms with Crippen molar-refractivity contribution >= 4 is 28.9 Å². The van der Waals surface area contributed by atoms with Crippen LogP contribution >= 0.6 is 11.3 Å². The number of amides is 1. The van der Waals surface area contributed by atoms with Crippen molar-refractivity contribution < 1.29 is 4.79 Å². The molecule has 1 unspecified atom stereocenters. The minimum Gasteiger partial charge on any atom is -0.368 e. The van der Waals surface area contributed by atoms with Gasteiger partial charge in [-0.15, -0.1) is 11.3 Å². The monoisotopic (exact) mass is 427 g/mol. The van der Waals surface area contributed by atoms with Crippen LogP contribution in [-0.2, 0) is 11.2 Å². The molecule has 0 spiro atoms. The lowest BCUT2D eigenvalue weighted by molar-refractivity contribution is -0.131. The van der Waals surface area contributed by atoms with Crippen molar-refractivity contribution in [2.24, 2.45) is 10.9 Å². The summed E-state index contributed by atoms with van der Waals surface area (Å²) in [6.45, 7) is 7.01. The molecule has 2 N–H and O–H groups in total. The smallest absolute Gasteiger partial charge is 0.224 e. The molecule has 1 aromatic carbocycles. The third kappa shape index (κ3) is 6.76. The van der Waals surface area contributed by atoms with Crippen molar-refractivity contribution in [2.45, 2.75) is 19.8 Å². The Morgan fingerprint density at radius 3 is 2.53 bits per heavy atom. The maximum atomic E-state index is 12.6.